The van der Waals surface area contributed by atoms with Crippen molar-refractivity contribution in [2.45, 2.75) is 6.54 Å². The predicted octanol–water partition coefficient (Wildman–Crippen LogP) is 2.43. The molecule has 0 spiro atoms. The molecular formula is C13H9F3N2O. The van der Waals surface area contributed by atoms with Gasteiger partial charge in [-0.15, -0.1) is 0 Å². The second-order valence-electron chi connectivity index (χ2n) is 3.76. The van der Waals surface area contributed by atoms with Crippen molar-refractivity contribution in [1.29, 1.82) is 0 Å². The molecule has 1 heterocycles. The van der Waals surface area contributed by atoms with Gasteiger partial charge in [0.1, 0.15) is 17.3 Å². The van der Waals surface area contributed by atoms with E-state index in [1.54, 1.807) is 0 Å². The van der Waals surface area contributed by atoms with E-state index in [-0.39, 0.29) is 17.8 Å². The van der Waals surface area contributed by atoms with Crippen LogP contribution in [0.15, 0.2) is 36.4 Å². The Kier molecular flexibility index (Phi) is 3.79. The highest BCUT2D eigenvalue weighted by molar-refractivity contribution is 5.92. The van der Waals surface area contributed by atoms with Gasteiger partial charge in [0.2, 0.25) is 5.95 Å². The molecule has 19 heavy (non-hydrogen) atoms. The molecule has 98 valence electrons. The van der Waals surface area contributed by atoms with Crippen LogP contribution in [-0.2, 0) is 6.54 Å². The summed E-state index contributed by atoms with van der Waals surface area (Å²) in [6, 6.07) is 6.82. The van der Waals surface area contributed by atoms with Crippen LogP contribution in [0, 0.1) is 17.6 Å². The predicted molar refractivity (Wildman–Crippen MR) is 61.7 cm³/mol. The summed E-state index contributed by atoms with van der Waals surface area (Å²) < 4.78 is 38.8. The van der Waals surface area contributed by atoms with E-state index >= 15 is 0 Å². The van der Waals surface area contributed by atoms with Crippen molar-refractivity contribution in [1.82, 2.24) is 10.3 Å². The molecule has 0 radical (unpaired) electrons. The summed E-state index contributed by atoms with van der Waals surface area (Å²) in [6.45, 7) is -0.136. The van der Waals surface area contributed by atoms with Gasteiger partial charge in [0.05, 0.1) is 0 Å². The fourth-order valence-corrected chi connectivity index (χ4v) is 1.47. The van der Waals surface area contributed by atoms with Crippen LogP contribution in [0.2, 0.25) is 0 Å². The summed E-state index contributed by atoms with van der Waals surface area (Å²) in [5.41, 5.74) is 0.0219. The Balaban J connectivity index is 2.04. The molecule has 3 nitrogen and oxygen atoms in total. The van der Waals surface area contributed by atoms with Gasteiger partial charge >= 0.3 is 0 Å². The quantitative estimate of drug-likeness (QED) is 0.867. The van der Waals surface area contributed by atoms with E-state index in [4.69, 9.17) is 0 Å². The standard InChI is InChI=1S/C13H9F3N2O/c14-9-5-4-8(10(15)6-9)7-17-13(19)11-2-1-3-12(16)18-11/h1-6H,7H2,(H,17,19). The average Bonchev–Trinajstić information content (AvgIpc) is 2.37. The average molecular weight is 266 g/mol. The highest BCUT2D eigenvalue weighted by atomic mass is 19.1. The fraction of sp³-hybridized carbons (Fsp3) is 0.0769. The van der Waals surface area contributed by atoms with E-state index in [1.165, 1.54) is 18.2 Å². The Morgan fingerprint density at radius 3 is 2.63 bits per heavy atom. The number of nitrogens with one attached hydrogen (secondary N) is 1. The van der Waals surface area contributed by atoms with Crippen LogP contribution in [0.5, 0.6) is 0 Å². The number of rotatable bonds is 3. The first kappa shape index (κ1) is 13.1. The highest BCUT2D eigenvalue weighted by Gasteiger charge is 2.09. The van der Waals surface area contributed by atoms with Gasteiger partial charge in [-0.25, -0.2) is 13.8 Å². The molecule has 1 N–H and O–H groups in total. The summed E-state index contributed by atoms with van der Waals surface area (Å²) in [6.07, 6.45) is 0. The number of amides is 1. The lowest BCUT2D eigenvalue weighted by Gasteiger charge is -2.06. The number of carbonyl (C=O) groups excluding carboxylic acids is 1. The molecule has 0 bridgehead atoms. The minimum absolute atomic E-state index is 0.109. The molecule has 0 saturated carbocycles. The van der Waals surface area contributed by atoms with Crippen LogP contribution in [0.4, 0.5) is 13.2 Å². The SMILES string of the molecule is O=C(NCc1ccc(F)cc1F)c1cccc(F)n1. The number of carbonyl (C=O) groups is 1. The number of hydrogen-bond donors (Lipinski definition) is 1. The van der Waals surface area contributed by atoms with Crippen molar-refractivity contribution in [3.8, 4) is 0 Å². The Hall–Kier alpha value is -2.37. The molecule has 1 aromatic carbocycles. The Morgan fingerprint density at radius 1 is 1.16 bits per heavy atom. The molecule has 2 aromatic rings. The maximum atomic E-state index is 13.3. The first-order valence-electron chi connectivity index (χ1n) is 5.41. The zero-order valence-electron chi connectivity index (χ0n) is 9.66. The van der Waals surface area contributed by atoms with Crippen molar-refractivity contribution in [2.24, 2.45) is 0 Å². The second-order valence-corrected chi connectivity index (χ2v) is 3.76. The molecular weight excluding hydrogens is 257 g/mol. The smallest absolute Gasteiger partial charge is 0.270 e. The molecule has 1 amide bonds. The molecule has 0 unspecified atom stereocenters. The molecule has 0 aliphatic rings. The molecule has 0 fully saturated rings. The Labute approximate surface area is 107 Å². The van der Waals surface area contributed by atoms with Crippen molar-refractivity contribution in [2.75, 3.05) is 0 Å². The van der Waals surface area contributed by atoms with Gasteiger partial charge < -0.3 is 5.32 Å². The van der Waals surface area contributed by atoms with Crippen molar-refractivity contribution < 1.29 is 18.0 Å². The summed E-state index contributed by atoms with van der Waals surface area (Å²) >= 11 is 0. The van der Waals surface area contributed by atoms with Gasteiger partial charge in [0.25, 0.3) is 5.91 Å². The summed E-state index contributed by atoms with van der Waals surface area (Å²) in [7, 11) is 0. The van der Waals surface area contributed by atoms with Gasteiger partial charge in [-0.05, 0) is 18.2 Å². The maximum Gasteiger partial charge on any atom is 0.270 e. The van der Waals surface area contributed by atoms with Gasteiger partial charge in [-0.1, -0.05) is 12.1 Å². The largest absolute Gasteiger partial charge is 0.347 e. The topological polar surface area (TPSA) is 42.0 Å². The lowest BCUT2D eigenvalue weighted by Crippen LogP contribution is -2.24. The lowest BCUT2D eigenvalue weighted by molar-refractivity contribution is 0.0944. The molecule has 0 aliphatic carbocycles. The molecule has 0 aliphatic heterocycles. The maximum absolute atomic E-state index is 13.3. The van der Waals surface area contributed by atoms with E-state index in [1.807, 2.05) is 0 Å². The van der Waals surface area contributed by atoms with Crippen molar-refractivity contribution >= 4 is 5.91 Å². The van der Waals surface area contributed by atoms with Crippen molar-refractivity contribution in [3.63, 3.8) is 0 Å². The number of halogens is 3. The molecule has 2 rings (SSSR count). The summed E-state index contributed by atoms with van der Waals surface area (Å²) in [5, 5.41) is 2.37. The number of hydrogen-bond acceptors (Lipinski definition) is 2. The monoisotopic (exact) mass is 266 g/mol. The third kappa shape index (κ3) is 3.31. The first-order valence-corrected chi connectivity index (χ1v) is 5.41. The normalized spacial score (nSPS) is 10.3. The second kappa shape index (κ2) is 5.51. The zero-order chi connectivity index (χ0) is 13.8. The van der Waals surface area contributed by atoms with Crippen LogP contribution in [0.3, 0.4) is 0 Å². The zero-order valence-corrected chi connectivity index (χ0v) is 9.66. The van der Waals surface area contributed by atoms with Crippen LogP contribution in [0.25, 0.3) is 0 Å². The Bertz CT molecular complexity index is 617. The lowest BCUT2D eigenvalue weighted by atomic mass is 10.2. The number of aromatic nitrogens is 1. The van der Waals surface area contributed by atoms with Gasteiger partial charge in [-0.3, -0.25) is 4.79 Å². The highest BCUT2D eigenvalue weighted by Crippen LogP contribution is 2.09. The summed E-state index contributed by atoms with van der Waals surface area (Å²) in [5.74, 6) is -2.87. The van der Waals surface area contributed by atoms with E-state index in [2.05, 4.69) is 10.3 Å². The van der Waals surface area contributed by atoms with Crippen LogP contribution in [0.1, 0.15) is 16.1 Å². The van der Waals surface area contributed by atoms with Crippen LogP contribution < -0.4 is 5.32 Å². The molecule has 0 atom stereocenters. The summed E-state index contributed by atoms with van der Waals surface area (Å²) in [4.78, 5) is 15.0. The molecule has 6 heteroatoms. The van der Waals surface area contributed by atoms with Gasteiger partial charge in [0, 0.05) is 18.2 Å². The number of benzene rings is 1. The van der Waals surface area contributed by atoms with E-state index in [9.17, 15) is 18.0 Å². The third-order valence-corrected chi connectivity index (χ3v) is 2.40. The first-order chi connectivity index (χ1) is 9.06. The third-order valence-electron chi connectivity index (χ3n) is 2.40. The van der Waals surface area contributed by atoms with E-state index < -0.39 is 23.5 Å². The van der Waals surface area contributed by atoms with E-state index in [0.717, 1.165) is 18.2 Å². The van der Waals surface area contributed by atoms with Crippen LogP contribution in [-0.4, -0.2) is 10.9 Å². The van der Waals surface area contributed by atoms with Crippen LogP contribution >= 0.6 is 0 Å². The minimum Gasteiger partial charge on any atom is -0.347 e. The number of nitrogens with zero attached hydrogens (tertiary/aromatic N) is 1. The van der Waals surface area contributed by atoms with Gasteiger partial charge in [0.15, 0.2) is 0 Å². The van der Waals surface area contributed by atoms with Crippen molar-refractivity contribution in [3.05, 3.63) is 65.2 Å². The van der Waals surface area contributed by atoms with Gasteiger partial charge in [-0.2, -0.15) is 4.39 Å². The van der Waals surface area contributed by atoms with E-state index in [0.29, 0.717) is 0 Å². The molecule has 1 aromatic heterocycles. The minimum atomic E-state index is -0.777. The number of pyridine rings is 1. The molecule has 0 saturated heterocycles. The fourth-order valence-electron chi connectivity index (χ4n) is 1.47. The Morgan fingerprint density at radius 2 is 1.95 bits per heavy atom.